The van der Waals surface area contributed by atoms with Crippen LogP contribution in [-0.2, 0) is 6.42 Å². The summed E-state index contributed by atoms with van der Waals surface area (Å²) in [5, 5.41) is 0.765. The van der Waals surface area contributed by atoms with Crippen LogP contribution in [0.3, 0.4) is 0 Å². The molecule has 0 unspecified atom stereocenters. The second-order valence-electron chi connectivity index (χ2n) is 7.44. The zero-order chi connectivity index (χ0) is 18.3. The molecule has 0 bridgehead atoms. The van der Waals surface area contributed by atoms with Crippen LogP contribution in [-0.4, -0.2) is 53.8 Å². The summed E-state index contributed by atoms with van der Waals surface area (Å²) in [6, 6.07) is 1.63. The van der Waals surface area contributed by atoms with Crippen LogP contribution in [0.4, 0.5) is 19.0 Å². The molecule has 4 heterocycles. The van der Waals surface area contributed by atoms with Crippen LogP contribution in [0.1, 0.15) is 24.6 Å². The molecule has 0 aromatic carbocycles. The van der Waals surface area contributed by atoms with E-state index in [0.717, 1.165) is 55.3 Å². The Hall–Kier alpha value is -1.41. The Balaban J connectivity index is 1.56. The average molecular weight is 384 g/mol. The number of fused-ring (bicyclic) bond motifs is 2. The molecule has 4 rings (SSSR count). The van der Waals surface area contributed by atoms with Gasteiger partial charge in [0.25, 0.3) is 0 Å². The molecule has 0 N–H and O–H groups in total. The number of hydrogen-bond donors (Lipinski definition) is 0. The maximum Gasteiger partial charge on any atom is 0.393 e. The van der Waals surface area contributed by atoms with E-state index in [1.165, 1.54) is 19.2 Å². The van der Waals surface area contributed by atoms with Crippen LogP contribution in [0.15, 0.2) is 12.4 Å². The SMILES string of the molecule is CCCN1CC[C@@H]2CN(c3ncnc4sc(CC(F)(F)F)cc34)C[C@@H]2C1. The Morgan fingerprint density at radius 2 is 2.00 bits per heavy atom. The molecule has 4 nitrogen and oxygen atoms in total. The Morgan fingerprint density at radius 1 is 1.19 bits per heavy atom. The van der Waals surface area contributed by atoms with Crippen molar-refractivity contribution in [1.82, 2.24) is 14.9 Å². The highest BCUT2D eigenvalue weighted by Crippen LogP contribution is 2.38. The van der Waals surface area contributed by atoms with Crippen molar-refractivity contribution in [3.05, 3.63) is 17.3 Å². The molecule has 2 aromatic heterocycles. The van der Waals surface area contributed by atoms with Crippen molar-refractivity contribution >= 4 is 27.4 Å². The fraction of sp³-hybridized carbons (Fsp3) is 0.667. The number of aromatic nitrogens is 2. The third-order valence-corrected chi connectivity index (χ3v) is 6.50. The Morgan fingerprint density at radius 3 is 2.77 bits per heavy atom. The number of alkyl halides is 3. The van der Waals surface area contributed by atoms with Crippen molar-refractivity contribution in [3.63, 3.8) is 0 Å². The smallest absolute Gasteiger partial charge is 0.355 e. The minimum absolute atomic E-state index is 0.306. The molecule has 0 spiro atoms. The lowest BCUT2D eigenvalue weighted by molar-refractivity contribution is -0.126. The van der Waals surface area contributed by atoms with Gasteiger partial charge in [0.15, 0.2) is 0 Å². The van der Waals surface area contributed by atoms with E-state index in [1.54, 1.807) is 6.07 Å². The highest BCUT2D eigenvalue weighted by atomic mass is 32.1. The maximum absolute atomic E-state index is 12.7. The molecule has 2 fully saturated rings. The van der Waals surface area contributed by atoms with Crippen molar-refractivity contribution in [3.8, 4) is 0 Å². The summed E-state index contributed by atoms with van der Waals surface area (Å²) >= 11 is 1.12. The second-order valence-corrected chi connectivity index (χ2v) is 8.55. The lowest BCUT2D eigenvalue weighted by Gasteiger charge is -2.33. The zero-order valence-corrected chi connectivity index (χ0v) is 15.6. The summed E-state index contributed by atoms with van der Waals surface area (Å²) in [7, 11) is 0. The molecule has 2 aliphatic heterocycles. The third-order valence-electron chi connectivity index (χ3n) is 5.46. The van der Waals surface area contributed by atoms with Crippen LogP contribution < -0.4 is 4.90 Å². The first-order valence-electron chi connectivity index (χ1n) is 9.20. The van der Waals surface area contributed by atoms with Gasteiger partial charge < -0.3 is 9.80 Å². The van der Waals surface area contributed by atoms with E-state index in [1.807, 2.05) is 0 Å². The van der Waals surface area contributed by atoms with Gasteiger partial charge in [-0.1, -0.05) is 6.92 Å². The van der Waals surface area contributed by atoms with E-state index in [9.17, 15) is 13.2 Å². The summed E-state index contributed by atoms with van der Waals surface area (Å²) in [5.41, 5.74) is 0. The van der Waals surface area contributed by atoms with Crippen molar-refractivity contribution in [1.29, 1.82) is 0 Å². The largest absolute Gasteiger partial charge is 0.393 e. The van der Waals surface area contributed by atoms with Gasteiger partial charge in [-0.05, 0) is 43.8 Å². The molecule has 0 aliphatic carbocycles. The van der Waals surface area contributed by atoms with E-state index in [0.29, 0.717) is 21.5 Å². The predicted molar refractivity (Wildman–Crippen MR) is 97.7 cm³/mol. The molecular formula is C18H23F3N4S. The van der Waals surface area contributed by atoms with Crippen LogP contribution in [0, 0.1) is 11.8 Å². The zero-order valence-electron chi connectivity index (χ0n) is 14.8. The van der Waals surface area contributed by atoms with Crippen molar-refractivity contribution < 1.29 is 13.2 Å². The number of likely N-dealkylation sites (tertiary alicyclic amines) is 1. The van der Waals surface area contributed by atoms with Gasteiger partial charge in [-0.2, -0.15) is 13.2 Å². The Kier molecular flexibility index (Phi) is 4.81. The first-order chi connectivity index (χ1) is 12.4. The quantitative estimate of drug-likeness (QED) is 0.799. The molecule has 0 radical (unpaired) electrons. The molecule has 0 amide bonds. The van der Waals surface area contributed by atoms with Gasteiger partial charge in [0, 0.05) is 24.5 Å². The molecule has 8 heteroatoms. The predicted octanol–water partition coefficient (Wildman–Crippen LogP) is 3.96. The molecule has 2 aliphatic rings. The monoisotopic (exact) mass is 384 g/mol. The van der Waals surface area contributed by atoms with E-state index in [-0.39, 0.29) is 0 Å². The van der Waals surface area contributed by atoms with Gasteiger partial charge in [0.1, 0.15) is 17.0 Å². The van der Waals surface area contributed by atoms with Crippen LogP contribution in [0.25, 0.3) is 10.2 Å². The van der Waals surface area contributed by atoms with Crippen LogP contribution in [0.5, 0.6) is 0 Å². The summed E-state index contributed by atoms with van der Waals surface area (Å²) < 4.78 is 38.2. The van der Waals surface area contributed by atoms with E-state index in [2.05, 4.69) is 26.7 Å². The van der Waals surface area contributed by atoms with Gasteiger partial charge in [0.05, 0.1) is 11.8 Å². The van der Waals surface area contributed by atoms with Crippen molar-refractivity contribution in [2.45, 2.75) is 32.4 Å². The van der Waals surface area contributed by atoms with Gasteiger partial charge in [-0.25, -0.2) is 9.97 Å². The lowest BCUT2D eigenvalue weighted by Crippen LogP contribution is -2.40. The number of thiophene rings is 1. The molecule has 142 valence electrons. The first kappa shape index (κ1) is 18.0. The molecule has 2 atom stereocenters. The average Bonchev–Trinajstić information content (AvgIpc) is 3.15. The van der Waals surface area contributed by atoms with Crippen LogP contribution >= 0.6 is 11.3 Å². The number of halogens is 3. The highest BCUT2D eigenvalue weighted by molar-refractivity contribution is 7.18. The van der Waals surface area contributed by atoms with Gasteiger partial charge in [-0.15, -0.1) is 11.3 Å². The normalized spacial score (nSPS) is 24.4. The summed E-state index contributed by atoms with van der Waals surface area (Å²) in [4.78, 5) is 14.4. The highest BCUT2D eigenvalue weighted by Gasteiger charge is 2.38. The molecule has 0 saturated carbocycles. The first-order valence-corrected chi connectivity index (χ1v) is 10.0. The van der Waals surface area contributed by atoms with Gasteiger partial charge >= 0.3 is 6.18 Å². The van der Waals surface area contributed by atoms with Gasteiger partial charge in [-0.3, -0.25) is 0 Å². The lowest BCUT2D eigenvalue weighted by atomic mass is 9.89. The maximum atomic E-state index is 12.7. The second kappa shape index (κ2) is 6.96. The topological polar surface area (TPSA) is 32.3 Å². The van der Waals surface area contributed by atoms with E-state index >= 15 is 0 Å². The standard InChI is InChI=1S/C18H23F3N4S/c1-2-4-24-5-3-12-9-25(10-13(12)8-24)16-15-6-14(7-18(19,20)21)26-17(15)23-11-22-16/h6,11-13H,2-5,7-10H2,1H3/t12-,13+/m1/s1. The van der Waals surface area contributed by atoms with Crippen LogP contribution in [0.2, 0.25) is 0 Å². The number of anilines is 1. The summed E-state index contributed by atoms with van der Waals surface area (Å²) in [5.74, 6) is 2.08. The van der Waals surface area contributed by atoms with Crippen molar-refractivity contribution in [2.24, 2.45) is 11.8 Å². The number of rotatable bonds is 4. The third kappa shape index (κ3) is 3.67. The van der Waals surface area contributed by atoms with Gasteiger partial charge in [0.2, 0.25) is 0 Å². The minimum Gasteiger partial charge on any atom is -0.355 e. The molecule has 26 heavy (non-hydrogen) atoms. The number of nitrogens with zero attached hydrogens (tertiary/aromatic N) is 4. The minimum atomic E-state index is -4.19. The Bertz CT molecular complexity index is 775. The van der Waals surface area contributed by atoms with E-state index in [4.69, 9.17) is 0 Å². The Labute approximate surface area is 155 Å². The molecule has 2 saturated heterocycles. The number of hydrogen-bond acceptors (Lipinski definition) is 5. The summed E-state index contributed by atoms with van der Waals surface area (Å²) in [6.07, 6.45) is -1.25. The summed E-state index contributed by atoms with van der Waals surface area (Å²) in [6.45, 7) is 7.50. The van der Waals surface area contributed by atoms with Crippen molar-refractivity contribution in [2.75, 3.05) is 37.6 Å². The molecular weight excluding hydrogens is 361 g/mol. The fourth-order valence-corrected chi connectivity index (χ4v) is 5.39. The number of piperidine rings is 1. The van der Waals surface area contributed by atoms with E-state index < -0.39 is 12.6 Å². The molecule has 2 aromatic rings. The fourth-order valence-electron chi connectivity index (χ4n) is 4.37.